The standard InChI is InChI=1S/C50H62S2/c1-3-5-7-9-11-13-15-17-19-21-23-37-25-27-39-31-43-45-35-50-46(36-49(45)51-47(43)33-41(39)29-37)44-32-40-28-26-38(30-42(40)34-48(44)52-50)24-22-20-18-16-14-12-10-8-6-4-2/h25-36H,3-24H2,1-2H3. The summed E-state index contributed by atoms with van der Waals surface area (Å²) < 4.78 is 5.66. The summed E-state index contributed by atoms with van der Waals surface area (Å²) in [5.74, 6) is 0. The van der Waals surface area contributed by atoms with E-state index in [2.05, 4.69) is 86.6 Å². The van der Waals surface area contributed by atoms with Crippen molar-refractivity contribution in [1.82, 2.24) is 0 Å². The van der Waals surface area contributed by atoms with E-state index in [1.165, 1.54) is 214 Å². The molecule has 0 unspecified atom stereocenters. The zero-order chi connectivity index (χ0) is 35.5. The van der Waals surface area contributed by atoms with Crippen molar-refractivity contribution in [3.8, 4) is 0 Å². The van der Waals surface area contributed by atoms with Gasteiger partial charge in [0.05, 0.1) is 0 Å². The van der Waals surface area contributed by atoms with Gasteiger partial charge in [-0.3, -0.25) is 0 Å². The maximum absolute atomic E-state index is 2.49. The van der Waals surface area contributed by atoms with Gasteiger partial charge in [-0.1, -0.05) is 166 Å². The predicted molar refractivity (Wildman–Crippen MR) is 238 cm³/mol. The lowest BCUT2D eigenvalue weighted by Gasteiger charge is -2.06. The fourth-order valence-corrected chi connectivity index (χ4v) is 10.9. The number of fused-ring (bicyclic) bond motifs is 8. The van der Waals surface area contributed by atoms with Gasteiger partial charge in [-0.25, -0.2) is 0 Å². The monoisotopic (exact) mass is 726 g/mol. The first-order valence-electron chi connectivity index (χ1n) is 21.4. The first kappa shape index (κ1) is 37.4. The highest BCUT2D eigenvalue weighted by Crippen LogP contribution is 2.43. The molecule has 2 heterocycles. The average Bonchev–Trinajstić information content (AvgIpc) is 3.68. The Bertz CT molecular complexity index is 2040. The van der Waals surface area contributed by atoms with E-state index in [1.807, 2.05) is 22.7 Å². The van der Waals surface area contributed by atoms with Gasteiger partial charge in [0.2, 0.25) is 0 Å². The molecule has 0 spiro atoms. The SMILES string of the molecule is CCCCCCCCCCCCc1ccc2cc3c(cc2c1)sc1cc2c(cc13)sc1cc3cc(CCCCCCCCCCCC)ccc3cc12. The van der Waals surface area contributed by atoms with Gasteiger partial charge in [0.15, 0.2) is 0 Å². The van der Waals surface area contributed by atoms with E-state index in [4.69, 9.17) is 0 Å². The first-order chi connectivity index (χ1) is 25.7. The summed E-state index contributed by atoms with van der Waals surface area (Å²) in [5, 5.41) is 11.2. The fourth-order valence-electron chi connectivity index (χ4n) is 8.57. The molecule has 0 saturated heterocycles. The summed E-state index contributed by atoms with van der Waals surface area (Å²) in [7, 11) is 0. The van der Waals surface area contributed by atoms with Gasteiger partial charge < -0.3 is 0 Å². The second-order valence-corrected chi connectivity index (χ2v) is 18.1. The fraction of sp³-hybridized carbons (Fsp3) is 0.480. The van der Waals surface area contributed by atoms with Crippen LogP contribution in [0.5, 0.6) is 0 Å². The first-order valence-corrected chi connectivity index (χ1v) is 23.0. The third-order valence-electron chi connectivity index (χ3n) is 11.7. The zero-order valence-electron chi connectivity index (χ0n) is 32.3. The number of hydrogen-bond acceptors (Lipinski definition) is 2. The largest absolute Gasteiger partial charge is 0.135 e. The van der Waals surface area contributed by atoms with Gasteiger partial charge in [0, 0.05) is 40.3 Å². The molecule has 0 nitrogen and oxygen atoms in total. The van der Waals surface area contributed by atoms with Crippen LogP contribution in [0.4, 0.5) is 0 Å². The molecule has 2 heteroatoms. The molecule has 7 rings (SSSR count). The topological polar surface area (TPSA) is 0 Å². The highest BCUT2D eigenvalue weighted by molar-refractivity contribution is 7.27. The normalized spacial score (nSPS) is 12.2. The molecule has 0 fully saturated rings. The number of aryl methyl sites for hydroxylation is 2. The molecule has 0 aliphatic rings. The predicted octanol–water partition coefficient (Wildman–Crippen LogP) is 17.7. The van der Waals surface area contributed by atoms with Crippen LogP contribution in [0.3, 0.4) is 0 Å². The zero-order valence-corrected chi connectivity index (χ0v) is 33.9. The molecule has 7 aromatic rings. The summed E-state index contributed by atoms with van der Waals surface area (Å²) in [6.45, 7) is 4.60. The summed E-state index contributed by atoms with van der Waals surface area (Å²) >= 11 is 3.94. The minimum absolute atomic E-state index is 1.20. The average molecular weight is 727 g/mol. The number of hydrogen-bond donors (Lipinski definition) is 0. The van der Waals surface area contributed by atoms with Gasteiger partial charge in [-0.05, 0) is 94.8 Å². The van der Waals surface area contributed by atoms with Crippen LogP contribution in [0.15, 0.2) is 72.8 Å². The maximum Gasteiger partial charge on any atom is 0.0362 e. The van der Waals surface area contributed by atoms with E-state index in [9.17, 15) is 0 Å². The number of unbranched alkanes of at least 4 members (excludes halogenated alkanes) is 18. The quantitative estimate of drug-likeness (QED) is 0.0610. The molecule has 0 radical (unpaired) electrons. The van der Waals surface area contributed by atoms with E-state index in [-0.39, 0.29) is 0 Å². The van der Waals surface area contributed by atoms with Crippen LogP contribution in [0.1, 0.15) is 153 Å². The molecule has 0 amide bonds. The van der Waals surface area contributed by atoms with E-state index in [0.717, 1.165) is 0 Å². The van der Waals surface area contributed by atoms with Crippen molar-refractivity contribution in [3.63, 3.8) is 0 Å². The minimum Gasteiger partial charge on any atom is -0.135 e. The smallest absolute Gasteiger partial charge is 0.0362 e. The number of rotatable bonds is 22. The highest BCUT2D eigenvalue weighted by atomic mass is 32.1. The lowest BCUT2D eigenvalue weighted by Crippen LogP contribution is -1.87. The minimum atomic E-state index is 1.20. The maximum atomic E-state index is 2.49. The van der Waals surface area contributed by atoms with Crippen molar-refractivity contribution in [2.75, 3.05) is 0 Å². The highest BCUT2D eigenvalue weighted by Gasteiger charge is 2.13. The van der Waals surface area contributed by atoms with E-state index in [1.54, 1.807) is 0 Å². The Labute approximate surface area is 322 Å². The van der Waals surface area contributed by atoms with Crippen molar-refractivity contribution in [2.24, 2.45) is 0 Å². The van der Waals surface area contributed by atoms with Crippen LogP contribution in [0.25, 0.3) is 61.9 Å². The Kier molecular flexibility index (Phi) is 13.6. The summed E-state index contributed by atoms with van der Waals surface area (Å²) in [5.41, 5.74) is 3.00. The number of benzene rings is 5. The van der Waals surface area contributed by atoms with Crippen molar-refractivity contribution >= 4 is 84.6 Å². The van der Waals surface area contributed by atoms with E-state index < -0.39 is 0 Å². The molecule has 52 heavy (non-hydrogen) atoms. The van der Waals surface area contributed by atoms with Gasteiger partial charge >= 0.3 is 0 Å². The molecule has 0 aliphatic carbocycles. The molecule has 274 valence electrons. The van der Waals surface area contributed by atoms with Gasteiger partial charge in [-0.15, -0.1) is 22.7 Å². The molecule has 0 N–H and O–H groups in total. The second kappa shape index (κ2) is 18.9. The second-order valence-electron chi connectivity index (χ2n) is 16.0. The van der Waals surface area contributed by atoms with E-state index >= 15 is 0 Å². The third-order valence-corrected chi connectivity index (χ3v) is 14.0. The number of thiophene rings is 2. The Morgan fingerprint density at radius 2 is 0.635 bits per heavy atom. The molecule has 0 atom stereocenters. The molecule has 5 aromatic carbocycles. The van der Waals surface area contributed by atoms with Gasteiger partial charge in [-0.2, -0.15) is 0 Å². The van der Waals surface area contributed by atoms with Crippen LogP contribution in [0.2, 0.25) is 0 Å². The summed E-state index contributed by atoms with van der Waals surface area (Å²) in [6, 6.07) is 29.3. The molecule has 0 aliphatic heterocycles. The Morgan fingerprint density at radius 1 is 0.308 bits per heavy atom. The lowest BCUT2D eigenvalue weighted by atomic mass is 9.99. The van der Waals surface area contributed by atoms with E-state index in [0.29, 0.717) is 0 Å². The summed E-state index contributed by atoms with van der Waals surface area (Å²) in [4.78, 5) is 0. The van der Waals surface area contributed by atoms with Crippen molar-refractivity contribution in [2.45, 2.75) is 155 Å². The Morgan fingerprint density at radius 3 is 1.02 bits per heavy atom. The third kappa shape index (κ3) is 9.40. The summed E-state index contributed by atoms with van der Waals surface area (Å²) in [6.07, 6.45) is 30.4. The van der Waals surface area contributed by atoms with Crippen molar-refractivity contribution < 1.29 is 0 Å². The molecule has 0 saturated carbocycles. The lowest BCUT2D eigenvalue weighted by molar-refractivity contribution is 0.556. The Balaban J connectivity index is 0.987. The molecule has 2 aromatic heterocycles. The van der Waals surface area contributed by atoms with Crippen LogP contribution >= 0.6 is 22.7 Å². The van der Waals surface area contributed by atoms with Crippen LogP contribution < -0.4 is 0 Å². The van der Waals surface area contributed by atoms with Gasteiger partial charge in [0.1, 0.15) is 0 Å². The van der Waals surface area contributed by atoms with Crippen LogP contribution in [-0.2, 0) is 12.8 Å². The molecule has 0 bridgehead atoms. The van der Waals surface area contributed by atoms with Crippen LogP contribution in [-0.4, -0.2) is 0 Å². The van der Waals surface area contributed by atoms with Crippen LogP contribution in [0, 0.1) is 0 Å². The molecular formula is C50H62S2. The Hall–Kier alpha value is -2.94. The van der Waals surface area contributed by atoms with Gasteiger partial charge in [0.25, 0.3) is 0 Å². The van der Waals surface area contributed by atoms with Crippen molar-refractivity contribution in [3.05, 3.63) is 83.9 Å². The van der Waals surface area contributed by atoms with Crippen molar-refractivity contribution in [1.29, 1.82) is 0 Å². The molecular weight excluding hydrogens is 665 g/mol.